The molecule has 0 bridgehead atoms. The minimum Gasteiger partial charge on any atom is -0.149 e. The van der Waals surface area contributed by atoms with Gasteiger partial charge in [0.1, 0.15) is 0 Å². The molecule has 0 fully saturated rings. The van der Waals surface area contributed by atoms with Crippen LogP contribution in [0.2, 0.25) is 0 Å². The van der Waals surface area contributed by atoms with Gasteiger partial charge in [0.15, 0.2) is 0 Å². The summed E-state index contributed by atoms with van der Waals surface area (Å²) in [4.78, 5) is 3.06. The molecule has 0 amide bonds. The Labute approximate surface area is 99.4 Å². The molecule has 76 valence electrons. The highest BCUT2D eigenvalue weighted by molar-refractivity contribution is 7.43. The maximum absolute atomic E-state index is 2.28. The van der Waals surface area contributed by atoms with Crippen molar-refractivity contribution >= 4 is 36.2 Å². The summed E-state index contributed by atoms with van der Waals surface area (Å²) in [7, 11) is 1.54. The summed E-state index contributed by atoms with van der Waals surface area (Å²) in [5.74, 6) is 0.781. The molecule has 15 heavy (non-hydrogen) atoms. The summed E-state index contributed by atoms with van der Waals surface area (Å²) in [6.45, 7) is 0. The minimum atomic E-state index is 0.781. The van der Waals surface area contributed by atoms with Crippen LogP contribution in [0.5, 0.6) is 0 Å². The van der Waals surface area contributed by atoms with Crippen molar-refractivity contribution in [2.75, 3.05) is 6.16 Å². The van der Waals surface area contributed by atoms with E-state index in [2.05, 4.69) is 35.0 Å². The van der Waals surface area contributed by atoms with E-state index in [1.807, 2.05) is 22.7 Å². The predicted octanol–water partition coefficient (Wildman–Crippen LogP) is 4.46. The van der Waals surface area contributed by atoms with E-state index in [0.29, 0.717) is 0 Å². The van der Waals surface area contributed by atoms with E-state index >= 15 is 0 Å². The second kappa shape index (κ2) is 4.21. The topological polar surface area (TPSA) is 0 Å². The Kier molecular flexibility index (Phi) is 2.74. The van der Waals surface area contributed by atoms with Crippen molar-refractivity contribution in [3.05, 3.63) is 44.8 Å². The van der Waals surface area contributed by atoms with Crippen molar-refractivity contribution < 1.29 is 0 Å². The van der Waals surface area contributed by atoms with E-state index in [-0.39, 0.29) is 0 Å². The molecule has 0 radical (unpaired) electrons. The van der Waals surface area contributed by atoms with Crippen molar-refractivity contribution in [3.8, 4) is 0 Å². The van der Waals surface area contributed by atoms with Gasteiger partial charge in [-0.3, -0.25) is 0 Å². The van der Waals surface area contributed by atoms with Gasteiger partial charge in [-0.25, -0.2) is 0 Å². The molecule has 1 unspecified atom stereocenters. The Morgan fingerprint density at radius 2 is 2.00 bits per heavy atom. The third kappa shape index (κ3) is 1.94. The molecule has 3 heteroatoms. The van der Waals surface area contributed by atoms with Gasteiger partial charge in [-0.15, -0.1) is 22.7 Å². The maximum atomic E-state index is 2.28. The zero-order valence-electron chi connectivity index (χ0n) is 8.22. The summed E-state index contributed by atoms with van der Waals surface area (Å²) in [5.41, 5.74) is 0. The SMILES string of the molecule is c1csc(C2=PCC(c3cccs3)C2)c1. The molecule has 2 aromatic rings. The molecule has 3 rings (SSSR count). The van der Waals surface area contributed by atoms with Crippen LogP contribution in [0.15, 0.2) is 35.0 Å². The first-order valence-corrected chi connectivity index (χ1v) is 7.88. The smallest absolute Gasteiger partial charge is 0.0344 e. The lowest BCUT2D eigenvalue weighted by atomic mass is 10.0. The normalized spacial score (nSPS) is 21.6. The largest absolute Gasteiger partial charge is 0.149 e. The molecule has 1 aliphatic heterocycles. The fourth-order valence-corrected chi connectivity index (χ4v) is 5.25. The van der Waals surface area contributed by atoms with Crippen LogP contribution in [0.1, 0.15) is 22.1 Å². The second-order valence-electron chi connectivity index (χ2n) is 3.68. The Hall–Kier alpha value is -0.430. The van der Waals surface area contributed by atoms with E-state index in [4.69, 9.17) is 0 Å². The lowest BCUT2D eigenvalue weighted by Crippen LogP contribution is -1.98. The Balaban J connectivity index is 1.78. The number of hydrogen-bond acceptors (Lipinski definition) is 2. The van der Waals surface area contributed by atoms with Crippen molar-refractivity contribution in [1.29, 1.82) is 0 Å². The van der Waals surface area contributed by atoms with Crippen LogP contribution in [0.3, 0.4) is 0 Å². The third-order valence-electron chi connectivity index (χ3n) is 2.69. The van der Waals surface area contributed by atoms with Crippen molar-refractivity contribution in [2.24, 2.45) is 0 Å². The first-order chi connectivity index (χ1) is 7.43. The summed E-state index contributed by atoms with van der Waals surface area (Å²) in [5, 5.41) is 6.01. The van der Waals surface area contributed by atoms with Crippen LogP contribution in [0, 0.1) is 0 Å². The Morgan fingerprint density at radius 1 is 1.13 bits per heavy atom. The van der Waals surface area contributed by atoms with Gasteiger partial charge in [0.25, 0.3) is 0 Å². The molecule has 0 saturated carbocycles. The van der Waals surface area contributed by atoms with Gasteiger partial charge < -0.3 is 0 Å². The van der Waals surface area contributed by atoms with Crippen LogP contribution >= 0.6 is 30.9 Å². The highest BCUT2D eigenvalue weighted by Crippen LogP contribution is 2.37. The molecular weight excluding hydrogens is 239 g/mol. The first-order valence-electron chi connectivity index (χ1n) is 5.04. The van der Waals surface area contributed by atoms with Crippen LogP contribution < -0.4 is 0 Å². The maximum Gasteiger partial charge on any atom is 0.0344 e. The lowest BCUT2D eigenvalue weighted by Gasteiger charge is -2.05. The molecule has 1 aliphatic rings. The fraction of sp³-hybridized carbons (Fsp3) is 0.250. The van der Waals surface area contributed by atoms with E-state index in [0.717, 1.165) is 5.92 Å². The molecule has 0 aromatic carbocycles. The van der Waals surface area contributed by atoms with Gasteiger partial charge >= 0.3 is 0 Å². The average molecular weight is 250 g/mol. The number of rotatable bonds is 2. The summed E-state index contributed by atoms with van der Waals surface area (Å²) >= 11 is 3.78. The molecular formula is C12H11PS2. The molecule has 0 nitrogen and oxygen atoms in total. The van der Waals surface area contributed by atoms with E-state index in [1.54, 1.807) is 18.4 Å². The van der Waals surface area contributed by atoms with E-state index in [1.165, 1.54) is 17.5 Å². The zero-order valence-corrected chi connectivity index (χ0v) is 10.7. The third-order valence-corrected chi connectivity index (χ3v) is 6.24. The van der Waals surface area contributed by atoms with Gasteiger partial charge in [-0.1, -0.05) is 20.3 Å². The van der Waals surface area contributed by atoms with Gasteiger partial charge in [0.05, 0.1) is 0 Å². The van der Waals surface area contributed by atoms with Crippen molar-refractivity contribution in [3.63, 3.8) is 0 Å². The number of thiophene rings is 2. The van der Waals surface area contributed by atoms with Crippen LogP contribution in [-0.4, -0.2) is 11.5 Å². The minimum absolute atomic E-state index is 0.781. The van der Waals surface area contributed by atoms with Crippen molar-refractivity contribution in [2.45, 2.75) is 12.3 Å². The standard InChI is InChI=1S/C12H11PS2/c1-3-11(14-5-1)9-7-10(13-8-9)12-4-2-6-15-12/h1-6,9H,7-8H2. The van der Waals surface area contributed by atoms with Crippen LogP contribution in [0.25, 0.3) is 0 Å². The summed E-state index contributed by atoms with van der Waals surface area (Å²) in [6.07, 6.45) is 2.58. The van der Waals surface area contributed by atoms with Gasteiger partial charge in [0, 0.05) is 15.7 Å². The second-order valence-corrected chi connectivity index (χ2v) is 6.83. The van der Waals surface area contributed by atoms with Gasteiger partial charge in [-0.05, 0) is 40.8 Å². The zero-order chi connectivity index (χ0) is 10.1. The molecule has 0 aliphatic carbocycles. The van der Waals surface area contributed by atoms with Crippen LogP contribution in [-0.2, 0) is 0 Å². The highest BCUT2D eigenvalue weighted by Gasteiger charge is 2.21. The molecule has 0 spiro atoms. The lowest BCUT2D eigenvalue weighted by molar-refractivity contribution is 0.856. The Bertz CT molecular complexity index is 454. The highest BCUT2D eigenvalue weighted by atomic mass is 32.1. The average Bonchev–Trinajstić information content (AvgIpc) is 3.02. The molecule has 0 saturated heterocycles. The molecule has 1 atom stereocenters. The number of hydrogen-bond donors (Lipinski definition) is 0. The summed E-state index contributed by atoms with van der Waals surface area (Å²) in [6, 6.07) is 8.85. The monoisotopic (exact) mass is 250 g/mol. The quantitative estimate of drug-likeness (QED) is 0.690. The Morgan fingerprint density at radius 3 is 2.73 bits per heavy atom. The molecule has 0 N–H and O–H groups in total. The first kappa shape index (κ1) is 9.77. The van der Waals surface area contributed by atoms with Gasteiger partial charge in [-0.2, -0.15) is 0 Å². The summed E-state index contributed by atoms with van der Waals surface area (Å²) < 4.78 is 0. The molecule has 2 aromatic heterocycles. The van der Waals surface area contributed by atoms with Crippen LogP contribution in [0.4, 0.5) is 0 Å². The van der Waals surface area contributed by atoms with Crippen molar-refractivity contribution in [1.82, 2.24) is 0 Å². The van der Waals surface area contributed by atoms with Gasteiger partial charge in [0.2, 0.25) is 0 Å². The fourth-order valence-electron chi connectivity index (χ4n) is 1.92. The predicted molar refractivity (Wildman–Crippen MR) is 71.9 cm³/mol. The molecule has 3 heterocycles. The van der Waals surface area contributed by atoms with E-state index < -0.39 is 0 Å². The van der Waals surface area contributed by atoms with E-state index in [9.17, 15) is 0 Å².